The minimum atomic E-state index is -3.27. The van der Waals surface area contributed by atoms with Crippen LogP contribution in [0.25, 0.3) is 0 Å². The summed E-state index contributed by atoms with van der Waals surface area (Å²) >= 11 is 0. The van der Waals surface area contributed by atoms with Gasteiger partial charge in [-0.25, -0.2) is 12.7 Å². The second-order valence-electron chi connectivity index (χ2n) is 3.48. The Balaban J connectivity index is 2.93. The Morgan fingerprint density at radius 3 is 2.00 bits per heavy atom. The molecule has 12 heavy (non-hydrogen) atoms. The van der Waals surface area contributed by atoms with Crippen molar-refractivity contribution in [3.63, 3.8) is 0 Å². The molecule has 0 amide bonds. The lowest BCUT2D eigenvalue weighted by molar-refractivity contribution is 0.176. The second-order valence-corrected chi connectivity index (χ2v) is 6.03. The largest absolute Gasteiger partial charge is 0.395 e. The van der Waals surface area contributed by atoms with Crippen LogP contribution in [0.5, 0.6) is 0 Å². The molecule has 0 bridgehead atoms. The van der Waals surface area contributed by atoms with Crippen molar-refractivity contribution in [2.75, 3.05) is 20.7 Å². The molecule has 1 rings (SSSR count). The van der Waals surface area contributed by atoms with Gasteiger partial charge in [-0.15, -0.1) is 0 Å². The molecule has 1 aliphatic carbocycles. The van der Waals surface area contributed by atoms with E-state index in [2.05, 4.69) is 0 Å². The van der Waals surface area contributed by atoms with Crippen LogP contribution in [0.1, 0.15) is 19.3 Å². The molecule has 0 atom stereocenters. The molecule has 0 saturated heterocycles. The molecular weight excluding hydrogens is 178 g/mol. The molecule has 1 fully saturated rings. The summed E-state index contributed by atoms with van der Waals surface area (Å²) in [6.45, 7) is -0.256. The molecular formula is C7H15NO3S. The van der Waals surface area contributed by atoms with Crippen molar-refractivity contribution in [2.45, 2.75) is 24.0 Å². The van der Waals surface area contributed by atoms with Crippen LogP contribution >= 0.6 is 0 Å². The van der Waals surface area contributed by atoms with Crippen molar-refractivity contribution in [1.82, 2.24) is 4.31 Å². The number of nitrogens with zero attached hydrogens (tertiary/aromatic N) is 1. The van der Waals surface area contributed by atoms with E-state index in [9.17, 15) is 8.42 Å². The fourth-order valence-electron chi connectivity index (χ4n) is 1.46. The highest BCUT2D eigenvalue weighted by Gasteiger charge is 2.49. The molecule has 0 aliphatic heterocycles. The number of rotatable bonds is 3. The minimum absolute atomic E-state index is 0.256. The van der Waals surface area contributed by atoms with Crippen molar-refractivity contribution >= 4 is 10.0 Å². The maximum Gasteiger partial charge on any atom is 0.221 e. The van der Waals surface area contributed by atoms with Gasteiger partial charge in [-0.1, -0.05) is 6.42 Å². The first-order valence-corrected chi connectivity index (χ1v) is 5.43. The van der Waals surface area contributed by atoms with Gasteiger partial charge in [0.15, 0.2) is 0 Å². The van der Waals surface area contributed by atoms with Crippen LogP contribution < -0.4 is 0 Å². The van der Waals surface area contributed by atoms with Gasteiger partial charge in [-0.05, 0) is 12.8 Å². The van der Waals surface area contributed by atoms with Gasteiger partial charge in [0, 0.05) is 14.1 Å². The van der Waals surface area contributed by atoms with E-state index in [-0.39, 0.29) is 6.61 Å². The summed E-state index contributed by atoms with van der Waals surface area (Å²) in [4.78, 5) is 0. The van der Waals surface area contributed by atoms with Gasteiger partial charge in [-0.3, -0.25) is 0 Å². The zero-order valence-electron chi connectivity index (χ0n) is 7.45. The molecule has 72 valence electrons. The average molecular weight is 193 g/mol. The van der Waals surface area contributed by atoms with Gasteiger partial charge in [0.05, 0.1) is 6.61 Å². The third-order valence-electron chi connectivity index (χ3n) is 2.58. The fourth-order valence-corrected chi connectivity index (χ4v) is 3.20. The lowest BCUT2D eigenvalue weighted by Gasteiger charge is -2.40. The average Bonchev–Trinajstić information content (AvgIpc) is 1.85. The Kier molecular flexibility index (Phi) is 2.47. The van der Waals surface area contributed by atoms with Crippen molar-refractivity contribution in [3.05, 3.63) is 0 Å². The van der Waals surface area contributed by atoms with Gasteiger partial charge in [-0.2, -0.15) is 0 Å². The van der Waals surface area contributed by atoms with Crippen LogP contribution in [-0.4, -0.2) is 43.3 Å². The molecule has 0 aromatic heterocycles. The molecule has 4 nitrogen and oxygen atoms in total. The maximum absolute atomic E-state index is 11.6. The van der Waals surface area contributed by atoms with Crippen molar-refractivity contribution in [3.8, 4) is 0 Å². The Hall–Kier alpha value is -0.130. The van der Waals surface area contributed by atoms with Gasteiger partial charge in [0.25, 0.3) is 0 Å². The normalized spacial score (nSPS) is 22.3. The molecule has 0 radical (unpaired) electrons. The second kappa shape index (κ2) is 2.97. The molecule has 0 aromatic rings. The van der Waals surface area contributed by atoms with Crippen molar-refractivity contribution in [2.24, 2.45) is 0 Å². The highest BCUT2D eigenvalue weighted by atomic mass is 32.2. The van der Waals surface area contributed by atoms with E-state index in [0.717, 1.165) is 6.42 Å². The molecule has 0 aromatic carbocycles. The Labute approximate surface area is 73.2 Å². The van der Waals surface area contributed by atoms with Crippen LogP contribution in [0.4, 0.5) is 0 Å². The van der Waals surface area contributed by atoms with Gasteiger partial charge in [0.2, 0.25) is 10.0 Å². The van der Waals surface area contributed by atoms with Crippen LogP contribution in [0.3, 0.4) is 0 Å². The minimum Gasteiger partial charge on any atom is -0.395 e. The fraction of sp³-hybridized carbons (Fsp3) is 1.00. The van der Waals surface area contributed by atoms with E-state index in [1.807, 2.05) is 0 Å². The van der Waals surface area contributed by atoms with E-state index < -0.39 is 14.8 Å². The molecule has 0 heterocycles. The summed E-state index contributed by atoms with van der Waals surface area (Å²) in [5, 5.41) is 9.02. The zero-order chi connectivity index (χ0) is 9.41. The maximum atomic E-state index is 11.6. The number of aliphatic hydroxyl groups is 1. The lowest BCUT2D eigenvalue weighted by atomic mass is 9.85. The van der Waals surface area contributed by atoms with E-state index >= 15 is 0 Å². The monoisotopic (exact) mass is 193 g/mol. The Bertz CT molecular complexity index is 248. The van der Waals surface area contributed by atoms with Crippen LogP contribution in [-0.2, 0) is 10.0 Å². The van der Waals surface area contributed by atoms with Crippen LogP contribution in [0.2, 0.25) is 0 Å². The van der Waals surface area contributed by atoms with Crippen molar-refractivity contribution < 1.29 is 13.5 Å². The lowest BCUT2D eigenvalue weighted by Crippen LogP contribution is -2.53. The van der Waals surface area contributed by atoms with E-state index in [1.165, 1.54) is 18.4 Å². The Morgan fingerprint density at radius 1 is 1.42 bits per heavy atom. The zero-order valence-corrected chi connectivity index (χ0v) is 8.26. The molecule has 0 unspecified atom stereocenters. The standard InChI is InChI=1S/C7H15NO3S/c1-8(2)12(10,11)7(6-9)4-3-5-7/h9H,3-6H2,1-2H3. The van der Waals surface area contributed by atoms with Crippen LogP contribution in [0.15, 0.2) is 0 Å². The highest BCUT2D eigenvalue weighted by molar-refractivity contribution is 7.90. The first kappa shape index (κ1) is 9.95. The van der Waals surface area contributed by atoms with E-state index in [0.29, 0.717) is 12.8 Å². The number of aliphatic hydroxyl groups excluding tert-OH is 1. The summed E-state index contributed by atoms with van der Waals surface area (Å²) in [6, 6.07) is 0. The van der Waals surface area contributed by atoms with Gasteiger partial charge >= 0.3 is 0 Å². The topological polar surface area (TPSA) is 57.6 Å². The molecule has 1 saturated carbocycles. The predicted octanol–water partition coefficient (Wildman–Crippen LogP) is -0.207. The van der Waals surface area contributed by atoms with Crippen LogP contribution in [0, 0.1) is 0 Å². The summed E-state index contributed by atoms with van der Waals surface area (Å²) in [7, 11) is -0.258. The van der Waals surface area contributed by atoms with E-state index in [1.54, 1.807) is 0 Å². The van der Waals surface area contributed by atoms with E-state index in [4.69, 9.17) is 5.11 Å². The summed E-state index contributed by atoms with van der Waals surface area (Å²) in [5.74, 6) is 0. The predicted molar refractivity (Wildman–Crippen MR) is 46.3 cm³/mol. The molecule has 1 aliphatic rings. The van der Waals surface area contributed by atoms with Gasteiger partial charge in [0.1, 0.15) is 4.75 Å². The highest BCUT2D eigenvalue weighted by Crippen LogP contribution is 2.39. The van der Waals surface area contributed by atoms with Gasteiger partial charge < -0.3 is 5.11 Å². The molecule has 0 spiro atoms. The quantitative estimate of drug-likeness (QED) is 0.675. The molecule has 5 heteroatoms. The third kappa shape index (κ3) is 1.16. The first-order valence-electron chi connectivity index (χ1n) is 3.99. The third-order valence-corrected chi connectivity index (χ3v) is 5.17. The van der Waals surface area contributed by atoms with Crippen molar-refractivity contribution in [1.29, 1.82) is 0 Å². The number of hydrogen-bond acceptors (Lipinski definition) is 3. The summed E-state index contributed by atoms with van der Waals surface area (Å²) in [6.07, 6.45) is 2.07. The smallest absolute Gasteiger partial charge is 0.221 e. The molecule has 1 N–H and O–H groups in total. The SMILES string of the molecule is CN(C)S(=O)(=O)C1(CO)CCC1. The number of sulfonamides is 1. The summed E-state index contributed by atoms with van der Waals surface area (Å²) in [5.41, 5.74) is 0. The first-order chi connectivity index (χ1) is 5.46. The Morgan fingerprint density at radius 2 is 1.92 bits per heavy atom. The summed E-state index contributed by atoms with van der Waals surface area (Å²) < 4.78 is 23.6. The number of hydrogen-bond donors (Lipinski definition) is 1.